The van der Waals surface area contributed by atoms with Crippen molar-refractivity contribution < 1.29 is 9.53 Å². The molecule has 5 heteroatoms. The van der Waals surface area contributed by atoms with Gasteiger partial charge in [0.1, 0.15) is 0 Å². The Morgan fingerprint density at radius 3 is 2.00 bits per heavy atom. The lowest BCUT2D eigenvalue weighted by Gasteiger charge is -2.18. The molecule has 0 radical (unpaired) electrons. The first-order chi connectivity index (χ1) is 10.3. The maximum Gasteiger partial charge on any atom is 0.352 e. The average molecular weight is 296 g/mol. The number of nitrogens with zero attached hydrogens (tertiary/aromatic N) is 2. The van der Waals surface area contributed by atoms with E-state index in [0.717, 1.165) is 22.7 Å². The van der Waals surface area contributed by atoms with Gasteiger partial charge in [-0.15, -0.1) is 5.10 Å². The molecule has 0 amide bonds. The molecule has 2 aromatic carbocycles. The summed E-state index contributed by atoms with van der Waals surface area (Å²) in [6.45, 7) is 0. The second-order valence-electron chi connectivity index (χ2n) is 4.39. The standard InChI is InChI=1S/C16H12N2O2S/c19-16(14-11-17-18-21-14)20-15(12-7-3-1-4-8-12)13-9-5-2-6-10-13/h1-11,15H. The summed E-state index contributed by atoms with van der Waals surface area (Å²) in [5.74, 6) is -0.414. The van der Waals surface area contributed by atoms with Gasteiger partial charge in [-0.25, -0.2) is 4.79 Å². The number of ether oxygens (including phenoxy) is 1. The number of benzene rings is 2. The molecule has 4 nitrogen and oxygen atoms in total. The Labute approximate surface area is 126 Å². The number of hydrogen-bond donors (Lipinski definition) is 0. The molecule has 104 valence electrons. The highest BCUT2D eigenvalue weighted by atomic mass is 32.1. The quantitative estimate of drug-likeness (QED) is 0.692. The smallest absolute Gasteiger partial charge is 0.352 e. The Kier molecular flexibility index (Phi) is 4.02. The molecular weight excluding hydrogens is 284 g/mol. The van der Waals surface area contributed by atoms with Crippen LogP contribution in [0.4, 0.5) is 0 Å². The second kappa shape index (κ2) is 6.28. The zero-order chi connectivity index (χ0) is 14.5. The molecule has 0 aliphatic heterocycles. The molecule has 0 saturated heterocycles. The first kappa shape index (κ1) is 13.5. The summed E-state index contributed by atoms with van der Waals surface area (Å²) in [4.78, 5) is 12.6. The van der Waals surface area contributed by atoms with Crippen molar-refractivity contribution in [1.82, 2.24) is 9.59 Å². The van der Waals surface area contributed by atoms with Gasteiger partial charge in [-0.05, 0) is 22.7 Å². The number of hydrogen-bond acceptors (Lipinski definition) is 5. The third-order valence-corrected chi connectivity index (χ3v) is 3.64. The summed E-state index contributed by atoms with van der Waals surface area (Å²) in [5, 5.41) is 3.66. The Morgan fingerprint density at radius 1 is 0.952 bits per heavy atom. The summed E-state index contributed by atoms with van der Waals surface area (Å²) in [5.41, 5.74) is 1.85. The molecule has 0 aliphatic carbocycles. The Balaban J connectivity index is 1.92. The van der Waals surface area contributed by atoms with E-state index in [2.05, 4.69) is 9.59 Å². The monoisotopic (exact) mass is 296 g/mol. The maximum absolute atomic E-state index is 12.2. The van der Waals surface area contributed by atoms with Gasteiger partial charge in [-0.3, -0.25) is 0 Å². The fourth-order valence-electron chi connectivity index (χ4n) is 2.01. The third-order valence-electron chi connectivity index (χ3n) is 2.99. The molecule has 0 spiro atoms. The van der Waals surface area contributed by atoms with Gasteiger partial charge in [0.25, 0.3) is 0 Å². The largest absolute Gasteiger partial charge is 0.448 e. The first-order valence-corrected chi connectivity index (χ1v) is 7.20. The highest BCUT2D eigenvalue weighted by Crippen LogP contribution is 2.27. The van der Waals surface area contributed by atoms with Gasteiger partial charge >= 0.3 is 5.97 Å². The fraction of sp³-hybridized carbons (Fsp3) is 0.0625. The van der Waals surface area contributed by atoms with E-state index in [-0.39, 0.29) is 0 Å². The normalized spacial score (nSPS) is 10.5. The van der Waals surface area contributed by atoms with Crippen LogP contribution in [-0.2, 0) is 4.74 Å². The van der Waals surface area contributed by atoms with Crippen molar-refractivity contribution in [3.8, 4) is 0 Å². The summed E-state index contributed by atoms with van der Waals surface area (Å²) < 4.78 is 9.35. The van der Waals surface area contributed by atoms with Crippen LogP contribution in [0.3, 0.4) is 0 Å². The van der Waals surface area contributed by atoms with Crippen molar-refractivity contribution in [2.45, 2.75) is 6.10 Å². The zero-order valence-electron chi connectivity index (χ0n) is 11.0. The molecule has 0 aliphatic rings. The number of esters is 1. The SMILES string of the molecule is O=C(OC(c1ccccc1)c1ccccc1)c1cnns1. The third kappa shape index (κ3) is 3.14. The minimum Gasteiger partial charge on any atom is -0.448 e. The summed E-state index contributed by atoms with van der Waals surface area (Å²) in [7, 11) is 0. The maximum atomic E-state index is 12.2. The molecule has 0 fully saturated rings. The Bertz CT molecular complexity index is 660. The van der Waals surface area contributed by atoms with Gasteiger partial charge in [0.05, 0.1) is 6.20 Å². The van der Waals surface area contributed by atoms with Gasteiger partial charge in [0, 0.05) is 0 Å². The average Bonchev–Trinajstić information content (AvgIpc) is 3.09. The Hall–Kier alpha value is -2.53. The van der Waals surface area contributed by atoms with Crippen molar-refractivity contribution in [2.75, 3.05) is 0 Å². The van der Waals surface area contributed by atoms with Crippen molar-refractivity contribution in [1.29, 1.82) is 0 Å². The van der Waals surface area contributed by atoms with Crippen molar-refractivity contribution in [3.05, 3.63) is 82.9 Å². The van der Waals surface area contributed by atoms with Gasteiger partial charge in [-0.2, -0.15) is 0 Å². The van der Waals surface area contributed by atoms with Gasteiger partial charge in [0.2, 0.25) is 0 Å². The van der Waals surface area contributed by atoms with Crippen LogP contribution in [0, 0.1) is 0 Å². The molecule has 21 heavy (non-hydrogen) atoms. The van der Waals surface area contributed by atoms with Crippen molar-refractivity contribution in [3.63, 3.8) is 0 Å². The highest BCUT2D eigenvalue weighted by Gasteiger charge is 2.20. The number of carbonyl (C=O) groups is 1. The van der Waals surface area contributed by atoms with E-state index in [9.17, 15) is 4.79 Å². The molecule has 1 heterocycles. The molecule has 3 aromatic rings. The molecule has 0 saturated carbocycles. The predicted octanol–water partition coefficient (Wildman–Crippen LogP) is 3.48. The van der Waals surface area contributed by atoms with Gasteiger partial charge in [0.15, 0.2) is 11.0 Å². The number of aromatic nitrogens is 2. The van der Waals surface area contributed by atoms with Crippen LogP contribution in [0.1, 0.15) is 26.9 Å². The van der Waals surface area contributed by atoms with Gasteiger partial charge in [-0.1, -0.05) is 65.2 Å². The number of carbonyl (C=O) groups excluding carboxylic acids is 1. The molecule has 0 N–H and O–H groups in total. The van der Waals surface area contributed by atoms with Crippen LogP contribution in [-0.4, -0.2) is 15.6 Å². The van der Waals surface area contributed by atoms with E-state index in [1.807, 2.05) is 60.7 Å². The number of rotatable bonds is 4. The van der Waals surface area contributed by atoms with Crippen LogP contribution in [0.5, 0.6) is 0 Å². The zero-order valence-corrected chi connectivity index (χ0v) is 11.9. The van der Waals surface area contributed by atoms with E-state index in [1.165, 1.54) is 6.20 Å². The summed E-state index contributed by atoms with van der Waals surface area (Å²) in [6, 6.07) is 19.3. The molecule has 0 unspecified atom stereocenters. The van der Waals surface area contributed by atoms with Crippen LogP contribution < -0.4 is 0 Å². The van der Waals surface area contributed by atoms with Gasteiger partial charge < -0.3 is 4.74 Å². The van der Waals surface area contributed by atoms with E-state index in [1.54, 1.807) is 0 Å². The van der Waals surface area contributed by atoms with E-state index in [0.29, 0.717) is 4.88 Å². The Morgan fingerprint density at radius 2 is 1.52 bits per heavy atom. The lowest BCUT2D eigenvalue weighted by atomic mass is 10.0. The minimum absolute atomic E-state index is 0.395. The van der Waals surface area contributed by atoms with Crippen molar-refractivity contribution in [2.24, 2.45) is 0 Å². The summed E-state index contributed by atoms with van der Waals surface area (Å²) in [6.07, 6.45) is 0.974. The first-order valence-electron chi connectivity index (χ1n) is 6.43. The molecule has 3 rings (SSSR count). The molecular formula is C16H12N2O2S. The second-order valence-corrected chi connectivity index (χ2v) is 5.17. The van der Waals surface area contributed by atoms with Crippen molar-refractivity contribution >= 4 is 17.5 Å². The van der Waals surface area contributed by atoms with Crippen LogP contribution in [0.2, 0.25) is 0 Å². The molecule has 0 atom stereocenters. The minimum atomic E-state index is -0.443. The lowest BCUT2D eigenvalue weighted by Crippen LogP contribution is -2.12. The van der Waals surface area contributed by atoms with E-state index >= 15 is 0 Å². The predicted molar refractivity (Wildman–Crippen MR) is 80.1 cm³/mol. The molecule has 0 bridgehead atoms. The molecule has 1 aromatic heterocycles. The highest BCUT2D eigenvalue weighted by molar-refractivity contribution is 7.07. The lowest BCUT2D eigenvalue weighted by molar-refractivity contribution is 0.0383. The summed E-state index contributed by atoms with van der Waals surface area (Å²) >= 11 is 1.03. The van der Waals surface area contributed by atoms with Crippen LogP contribution in [0.15, 0.2) is 66.9 Å². The van der Waals surface area contributed by atoms with E-state index in [4.69, 9.17) is 4.74 Å². The topological polar surface area (TPSA) is 52.1 Å². The van der Waals surface area contributed by atoms with Crippen LogP contribution >= 0.6 is 11.5 Å². The fourth-order valence-corrected chi connectivity index (χ4v) is 2.41. The van der Waals surface area contributed by atoms with Crippen LogP contribution in [0.25, 0.3) is 0 Å². The van der Waals surface area contributed by atoms with E-state index < -0.39 is 12.1 Å².